The topological polar surface area (TPSA) is 59.1 Å². The van der Waals surface area contributed by atoms with Crippen LogP contribution in [0.2, 0.25) is 5.02 Å². The first-order valence-electron chi connectivity index (χ1n) is 7.42. The number of halogens is 1. The van der Waals surface area contributed by atoms with E-state index in [1.807, 2.05) is 0 Å². The van der Waals surface area contributed by atoms with Gasteiger partial charge in [0.2, 0.25) is 5.95 Å². The van der Waals surface area contributed by atoms with Crippen LogP contribution in [0.4, 0.5) is 11.8 Å². The average Bonchev–Trinajstić information content (AvgIpc) is 3.20. The number of nitrogens with one attached hydrogen (secondary N) is 2. The standard InChI is InChI=1S/C14H21ClN4O/c1-2-6-16-14-17-8-10(15)13(19-14)18-11-5-7-20-12(11)9-3-4-9/h8-9,11-12H,2-7H2,1H3,(H2,16,17,18,19). The first-order chi connectivity index (χ1) is 9.78. The van der Waals surface area contributed by atoms with E-state index in [1.165, 1.54) is 12.8 Å². The molecular weight excluding hydrogens is 276 g/mol. The molecule has 1 saturated carbocycles. The Morgan fingerprint density at radius 3 is 3.00 bits per heavy atom. The normalized spacial score (nSPS) is 25.7. The predicted octanol–water partition coefficient (Wildman–Crippen LogP) is 2.93. The van der Waals surface area contributed by atoms with E-state index in [4.69, 9.17) is 16.3 Å². The van der Waals surface area contributed by atoms with Crippen molar-refractivity contribution in [1.29, 1.82) is 0 Å². The van der Waals surface area contributed by atoms with Gasteiger partial charge in [0.05, 0.1) is 18.3 Å². The van der Waals surface area contributed by atoms with E-state index in [0.717, 1.165) is 26.0 Å². The molecule has 0 radical (unpaired) electrons. The van der Waals surface area contributed by atoms with Gasteiger partial charge < -0.3 is 15.4 Å². The molecule has 2 unspecified atom stereocenters. The van der Waals surface area contributed by atoms with Crippen LogP contribution in [0.5, 0.6) is 0 Å². The number of hydrogen-bond donors (Lipinski definition) is 2. The summed E-state index contributed by atoms with van der Waals surface area (Å²) in [5.74, 6) is 2.05. The number of ether oxygens (including phenoxy) is 1. The molecule has 2 N–H and O–H groups in total. The number of hydrogen-bond acceptors (Lipinski definition) is 5. The quantitative estimate of drug-likeness (QED) is 0.845. The smallest absolute Gasteiger partial charge is 0.224 e. The Labute approximate surface area is 124 Å². The highest BCUT2D eigenvalue weighted by Crippen LogP contribution is 2.39. The van der Waals surface area contributed by atoms with Crippen molar-refractivity contribution in [2.75, 3.05) is 23.8 Å². The lowest BCUT2D eigenvalue weighted by molar-refractivity contribution is 0.0898. The fourth-order valence-electron chi connectivity index (χ4n) is 2.62. The lowest BCUT2D eigenvalue weighted by atomic mass is 10.1. The van der Waals surface area contributed by atoms with Gasteiger partial charge in [-0.3, -0.25) is 0 Å². The maximum atomic E-state index is 6.20. The van der Waals surface area contributed by atoms with Gasteiger partial charge in [-0.1, -0.05) is 18.5 Å². The van der Waals surface area contributed by atoms with Crippen LogP contribution in [0.25, 0.3) is 0 Å². The molecule has 6 heteroatoms. The molecule has 1 aliphatic carbocycles. The number of aromatic nitrogens is 2. The van der Waals surface area contributed by atoms with Crippen molar-refractivity contribution >= 4 is 23.4 Å². The van der Waals surface area contributed by atoms with Crippen LogP contribution in [-0.4, -0.2) is 35.3 Å². The molecule has 5 nitrogen and oxygen atoms in total. The molecule has 1 saturated heterocycles. The molecule has 110 valence electrons. The predicted molar refractivity (Wildman–Crippen MR) is 80.3 cm³/mol. The van der Waals surface area contributed by atoms with Gasteiger partial charge in [0.1, 0.15) is 5.02 Å². The van der Waals surface area contributed by atoms with Gasteiger partial charge in [0.25, 0.3) is 0 Å². The first-order valence-corrected chi connectivity index (χ1v) is 7.80. The van der Waals surface area contributed by atoms with E-state index in [-0.39, 0.29) is 0 Å². The van der Waals surface area contributed by atoms with Gasteiger partial charge in [0, 0.05) is 13.2 Å². The lowest BCUT2D eigenvalue weighted by Crippen LogP contribution is -2.31. The first kappa shape index (κ1) is 13.9. The second kappa shape index (κ2) is 6.14. The average molecular weight is 297 g/mol. The molecule has 2 atom stereocenters. The third kappa shape index (κ3) is 3.15. The van der Waals surface area contributed by atoms with Crippen LogP contribution < -0.4 is 10.6 Å². The fourth-order valence-corrected chi connectivity index (χ4v) is 2.77. The number of anilines is 2. The maximum Gasteiger partial charge on any atom is 0.224 e. The van der Waals surface area contributed by atoms with E-state index in [2.05, 4.69) is 27.5 Å². The van der Waals surface area contributed by atoms with Crippen LogP contribution in [0.3, 0.4) is 0 Å². The SMILES string of the molecule is CCCNc1ncc(Cl)c(NC2CCOC2C2CC2)n1. The third-order valence-corrected chi connectivity index (χ3v) is 4.10. The zero-order valence-electron chi connectivity index (χ0n) is 11.7. The molecule has 20 heavy (non-hydrogen) atoms. The molecule has 3 rings (SSSR count). The number of rotatable bonds is 6. The Morgan fingerprint density at radius 2 is 2.25 bits per heavy atom. The van der Waals surface area contributed by atoms with Crippen LogP contribution in [0, 0.1) is 5.92 Å². The summed E-state index contributed by atoms with van der Waals surface area (Å²) < 4.78 is 5.83. The highest BCUT2D eigenvalue weighted by Gasteiger charge is 2.40. The third-order valence-electron chi connectivity index (χ3n) is 3.82. The highest BCUT2D eigenvalue weighted by molar-refractivity contribution is 6.32. The minimum Gasteiger partial charge on any atom is -0.376 e. The number of nitrogens with zero attached hydrogens (tertiary/aromatic N) is 2. The Morgan fingerprint density at radius 1 is 1.40 bits per heavy atom. The highest BCUT2D eigenvalue weighted by atomic mass is 35.5. The minimum atomic E-state index is 0.313. The van der Waals surface area contributed by atoms with Gasteiger partial charge in [-0.25, -0.2) is 4.98 Å². The van der Waals surface area contributed by atoms with E-state index in [1.54, 1.807) is 6.20 Å². The summed E-state index contributed by atoms with van der Waals surface area (Å²) in [7, 11) is 0. The molecule has 2 fully saturated rings. The second-order valence-electron chi connectivity index (χ2n) is 5.53. The Kier molecular flexibility index (Phi) is 4.27. The van der Waals surface area contributed by atoms with Crippen molar-refractivity contribution < 1.29 is 4.74 Å². The van der Waals surface area contributed by atoms with E-state index in [0.29, 0.717) is 34.9 Å². The van der Waals surface area contributed by atoms with Crippen molar-refractivity contribution in [3.05, 3.63) is 11.2 Å². The monoisotopic (exact) mass is 296 g/mol. The van der Waals surface area contributed by atoms with Crippen molar-refractivity contribution in [1.82, 2.24) is 9.97 Å². The molecule has 2 heterocycles. The summed E-state index contributed by atoms with van der Waals surface area (Å²) in [6.45, 7) is 3.79. The molecule has 1 aromatic heterocycles. The molecule has 0 aromatic carbocycles. The zero-order chi connectivity index (χ0) is 13.9. The summed E-state index contributed by atoms with van der Waals surface area (Å²) in [4.78, 5) is 8.66. The summed E-state index contributed by atoms with van der Waals surface area (Å²) in [5.41, 5.74) is 0. The van der Waals surface area contributed by atoms with Crippen LogP contribution in [0.15, 0.2) is 6.20 Å². The van der Waals surface area contributed by atoms with Gasteiger partial charge >= 0.3 is 0 Å². The van der Waals surface area contributed by atoms with Gasteiger partial charge in [-0.15, -0.1) is 0 Å². The molecule has 1 aromatic rings. The van der Waals surface area contributed by atoms with Crippen molar-refractivity contribution in [2.24, 2.45) is 5.92 Å². The Balaban J connectivity index is 1.68. The molecule has 0 spiro atoms. The summed E-state index contributed by atoms with van der Waals surface area (Å²) in [5, 5.41) is 7.19. The van der Waals surface area contributed by atoms with E-state index in [9.17, 15) is 0 Å². The van der Waals surface area contributed by atoms with E-state index < -0.39 is 0 Å². The largest absolute Gasteiger partial charge is 0.376 e. The second-order valence-corrected chi connectivity index (χ2v) is 5.94. The Bertz CT molecular complexity index is 466. The van der Waals surface area contributed by atoms with Crippen molar-refractivity contribution in [3.63, 3.8) is 0 Å². The van der Waals surface area contributed by atoms with Crippen molar-refractivity contribution in [2.45, 2.75) is 44.8 Å². The fraction of sp³-hybridized carbons (Fsp3) is 0.714. The Hall–Kier alpha value is -1.07. The van der Waals surface area contributed by atoms with Crippen LogP contribution in [0.1, 0.15) is 32.6 Å². The minimum absolute atomic E-state index is 0.313. The maximum absolute atomic E-state index is 6.20. The molecular formula is C14H21ClN4O. The summed E-state index contributed by atoms with van der Waals surface area (Å²) >= 11 is 6.20. The molecule has 2 aliphatic rings. The van der Waals surface area contributed by atoms with Crippen LogP contribution >= 0.6 is 11.6 Å². The summed E-state index contributed by atoms with van der Waals surface area (Å²) in [6, 6.07) is 0.314. The lowest BCUT2D eigenvalue weighted by Gasteiger charge is -2.20. The summed E-state index contributed by atoms with van der Waals surface area (Å²) in [6.07, 6.45) is 6.58. The van der Waals surface area contributed by atoms with Gasteiger partial charge in [-0.05, 0) is 31.6 Å². The molecule has 1 aliphatic heterocycles. The van der Waals surface area contributed by atoms with E-state index >= 15 is 0 Å². The zero-order valence-corrected chi connectivity index (χ0v) is 12.5. The van der Waals surface area contributed by atoms with Gasteiger partial charge in [-0.2, -0.15) is 4.98 Å². The van der Waals surface area contributed by atoms with Crippen LogP contribution in [-0.2, 0) is 4.74 Å². The molecule has 0 bridgehead atoms. The van der Waals surface area contributed by atoms with Crippen molar-refractivity contribution in [3.8, 4) is 0 Å². The van der Waals surface area contributed by atoms with Gasteiger partial charge in [0.15, 0.2) is 5.82 Å². The molecule has 0 amide bonds.